The molecule has 0 fully saturated rings. The van der Waals surface area contributed by atoms with Gasteiger partial charge in [-0.2, -0.15) is 0 Å². The van der Waals surface area contributed by atoms with Gasteiger partial charge in [-0.15, -0.1) is 0 Å². The van der Waals surface area contributed by atoms with Crippen molar-refractivity contribution in [3.63, 3.8) is 0 Å². The minimum absolute atomic E-state index is 0.226. The first-order valence-electron chi connectivity index (χ1n) is 8.30. The monoisotopic (exact) mass is 362 g/mol. The van der Waals surface area contributed by atoms with E-state index in [1.807, 2.05) is 19.1 Å². The summed E-state index contributed by atoms with van der Waals surface area (Å²) in [5.41, 5.74) is 2.03. The van der Waals surface area contributed by atoms with Gasteiger partial charge in [0.2, 0.25) is 0 Å². The Morgan fingerprint density at radius 2 is 1.81 bits per heavy atom. The Balaban J connectivity index is 1.56. The molecular weight excluding hydrogens is 344 g/mol. The normalized spacial score (nSPS) is 10.1. The quantitative estimate of drug-likeness (QED) is 0.517. The molecule has 0 aliphatic carbocycles. The minimum atomic E-state index is -0.561. The second-order valence-electron chi connectivity index (χ2n) is 5.72. The van der Waals surface area contributed by atoms with E-state index in [4.69, 9.17) is 4.74 Å². The van der Waals surface area contributed by atoms with Gasteiger partial charge in [0.25, 0.3) is 5.91 Å². The van der Waals surface area contributed by atoms with Crippen LogP contribution in [0.2, 0.25) is 0 Å². The van der Waals surface area contributed by atoms with Crippen LogP contribution in [0.4, 0.5) is 11.5 Å². The number of ether oxygens (including phenoxy) is 1. The van der Waals surface area contributed by atoms with E-state index in [1.54, 1.807) is 48.5 Å². The topological polar surface area (TPSA) is 93.2 Å². The molecule has 0 atom stereocenters. The summed E-state index contributed by atoms with van der Waals surface area (Å²) in [5, 5.41) is 5.65. The first kappa shape index (κ1) is 18.1. The molecule has 1 amide bonds. The second-order valence-corrected chi connectivity index (χ2v) is 5.72. The molecule has 7 heteroatoms. The van der Waals surface area contributed by atoms with Crippen molar-refractivity contribution in [3.05, 3.63) is 78.2 Å². The molecule has 2 aromatic carbocycles. The van der Waals surface area contributed by atoms with Crippen molar-refractivity contribution in [1.82, 2.24) is 15.3 Å². The van der Waals surface area contributed by atoms with Crippen molar-refractivity contribution in [1.29, 1.82) is 0 Å². The SMILES string of the molecule is Cc1cc(Nc2cccc(OC(=O)CNC(=O)c3ccccc3)c2)ncn1. The molecule has 0 aliphatic heterocycles. The van der Waals surface area contributed by atoms with Gasteiger partial charge in [0, 0.05) is 29.1 Å². The van der Waals surface area contributed by atoms with E-state index in [0.29, 0.717) is 22.8 Å². The first-order valence-corrected chi connectivity index (χ1v) is 8.30. The molecule has 1 heterocycles. The van der Waals surface area contributed by atoms with Crippen molar-refractivity contribution in [2.75, 3.05) is 11.9 Å². The molecule has 136 valence electrons. The van der Waals surface area contributed by atoms with Gasteiger partial charge in [0.05, 0.1) is 0 Å². The fourth-order valence-corrected chi connectivity index (χ4v) is 2.32. The molecule has 3 aromatic rings. The van der Waals surface area contributed by atoms with E-state index < -0.39 is 5.97 Å². The third kappa shape index (κ3) is 5.37. The fourth-order valence-electron chi connectivity index (χ4n) is 2.32. The van der Waals surface area contributed by atoms with Crippen LogP contribution in [-0.4, -0.2) is 28.4 Å². The molecule has 0 spiro atoms. The maximum absolute atomic E-state index is 12.0. The van der Waals surface area contributed by atoms with Crippen LogP contribution >= 0.6 is 0 Å². The molecule has 0 aliphatic rings. The van der Waals surface area contributed by atoms with E-state index in [2.05, 4.69) is 20.6 Å². The molecule has 3 rings (SSSR count). The highest BCUT2D eigenvalue weighted by molar-refractivity contribution is 5.96. The van der Waals surface area contributed by atoms with Gasteiger partial charge in [0.15, 0.2) is 0 Å². The molecule has 0 radical (unpaired) electrons. The van der Waals surface area contributed by atoms with Crippen LogP contribution in [0, 0.1) is 6.92 Å². The number of carbonyl (C=O) groups is 2. The molecule has 0 unspecified atom stereocenters. The molecule has 7 nitrogen and oxygen atoms in total. The Kier molecular flexibility index (Phi) is 5.73. The highest BCUT2D eigenvalue weighted by Crippen LogP contribution is 2.20. The van der Waals surface area contributed by atoms with Crippen LogP contribution < -0.4 is 15.4 Å². The molecule has 2 N–H and O–H groups in total. The Morgan fingerprint density at radius 1 is 1.00 bits per heavy atom. The average Bonchev–Trinajstić information content (AvgIpc) is 2.67. The summed E-state index contributed by atoms with van der Waals surface area (Å²) in [6, 6.07) is 17.4. The number of nitrogens with one attached hydrogen (secondary N) is 2. The fraction of sp³-hybridized carbons (Fsp3) is 0.100. The molecule has 0 saturated carbocycles. The lowest BCUT2D eigenvalue weighted by atomic mass is 10.2. The summed E-state index contributed by atoms with van der Waals surface area (Å²) >= 11 is 0. The van der Waals surface area contributed by atoms with Crippen LogP contribution in [0.3, 0.4) is 0 Å². The van der Waals surface area contributed by atoms with E-state index in [-0.39, 0.29) is 12.5 Å². The van der Waals surface area contributed by atoms with Gasteiger partial charge in [-0.1, -0.05) is 24.3 Å². The number of benzene rings is 2. The standard InChI is InChI=1S/C20H18N4O3/c1-14-10-18(23-13-22-14)24-16-8-5-9-17(11-16)27-19(25)12-21-20(26)15-6-3-2-4-7-15/h2-11,13H,12H2,1H3,(H,21,26)(H,22,23,24). The van der Waals surface area contributed by atoms with Gasteiger partial charge >= 0.3 is 5.97 Å². The summed E-state index contributed by atoms with van der Waals surface area (Å²) < 4.78 is 5.28. The zero-order chi connectivity index (χ0) is 19.1. The number of carbonyl (C=O) groups excluding carboxylic acids is 2. The molecule has 0 saturated heterocycles. The van der Waals surface area contributed by atoms with Gasteiger partial charge in [0.1, 0.15) is 24.4 Å². The summed E-state index contributed by atoms with van der Waals surface area (Å²) in [6.45, 7) is 1.64. The number of amides is 1. The van der Waals surface area contributed by atoms with Gasteiger partial charge in [-0.05, 0) is 31.2 Å². The largest absolute Gasteiger partial charge is 0.425 e. The number of esters is 1. The second kappa shape index (κ2) is 8.57. The van der Waals surface area contributed by atoms with Crippen LogP contribution in [0.15, 0.2) is 67.0 Å². The van der Waals surface area contributed by atoms with E-state index in [1.165, 1.54) is 6.33 Å². The highest BCUT2D eigenvalue weighted by Gasteiger charge is 2.10. The van der Waals surface area contributed by atoms with Crippen LogP contribution in [0.25, 0.3) is 0 Å². The van der Waals surface area contributed by atoms with Crippen LogP contribution in [0.1, 0.15) is 16.1 Å². The first-order chi connectivity index (χ1) is 13.1. The maximum atomic E-state index is 12.0. The summed E-state index contributed by atoms with van der Waals surface area (Å²) in [4.78, 5) is 32.1. The Morgan fingerprint density at radius 3 is 2.59 bits per heavy atom. The van der Waals surface area contributed by atoms with Crippen molar-refractivity contribution in [3.8, 4) is 5.75 Å². The Labute approximate surface area is 156 Å². The molecule has 0 bridgehead atoms. The third-order valence-electron chi connectivity index (χ3n) is 3.57. The van der Waals surface area contributed by atoms with E-state index in [0.717, 1.165) is 5.69 Å². The van der Waals surface area contributed by atoms with Gasteiger partial charge in [-0.3, -0.25) is 4.79 Å². The zero-order valence-electron chi connectivity index (χ0n) is 14.7. The predicted octanol–water partition coefficient (Wildman–Crippen LogP) is 2.86. The lowest BCUT2D eigenvalue weighted by Crippen LogP contribution is -2.31. The number of aryl methyl sites for hydroxylation is 1. The van der Waals surface area contributed by atoms with E-state index >= 15 is 0 Å². The average molecular weight is 362 g/mol. The number of hydrogen-bond donors (Lipinski definition) is 2. The van der Waals surface area contributed by atoms with Crippen molar-refractivity contribution in [2.45, 2.75) is 6.92 Å². The number of aromatic nitrogens is 2. The van der Waals surface area contributed by atoms with Gasteiger partial charge < -0.3 is 15.4 Å². The van der Waals surface area contributed by atoms with Crippen LogP contribution in [-0.2, 0) is 4.79 Å². The Bertz CT molecular complexity index is 945. The number of hydrogen-bond acceptors (Lipinski definition) is 6. The van der Waals surface area contributed by atoms with Crippen molar-refractivity contribution in [2.24, 2.45) is 0 Å². The lowest BCUT2D eigenvalue weighted by molar-refractivity contribution is -0.133. The summed E-state index contributed by atoms with van der Waals surface area (Å²) in [5.74, 6) is 0.113. The predicted molar refractivity (Wildman–Crippen MR) is 101 cm³/mol. The summed E-state index contributed by atoms with van der Waals surface area (Å²) in [7, 11) is 0. The van der Waals surface area contributed by atoms with Gasteiger partial charge in [-0.25, -0.2) is 14.8 Å². The number of nitrogens with zero attached hydrogens (tertiary/aromatic N) is 2. The maximum Gasteiger partial charge on any atom is 0.330 e. The summed E-state index contributed by atoms with van der Waals surface area (Å²) in [6.07, 6.45) is 1.47. The lowest BCUT2D eigenvalue weighted by Gasteiger charge is -2.09. The van der Waals surface area contributed by atoms with E-state index in [9.17, 15) is 9.59 Å². The van der Waals surface area contributed by atoms with Crippen molar-refractivity contribution < 1.29 is 14.3 Å². The zero-order valence-corrected chi connectivity index (χ0v) is 14.7. The molecule has 27 heavy (non-hydrogen) atoms. The number of rotatable bonds is 6. The smallest absolute Gasteiger partial charge is 0.330 e. The molecular formula is C20H18N4O3. The highest BCUT2D eigenvalue weighted by atomic mass is 16.5. The minimum Gasteiger partial charge on any atom is -0.425 e. The molecule has 1 aromatic heterocycles. The van der Waals surface area contributed by atoms with Crippen molar-refractivity contribution >= 4 is 23.4 Å². The third-order valence-corrected chi connectivity index (χ3v) is 3.57. The Hall–Kier alpha value is -3.74. The van der Waals surface area contributed by atoms with Crippen LogP contribution in [0.5, 0.6) is 5.75 Å². The number of anilines is 2.